The van der Waals surface area contributed by atoms with Crippen molar-refractivity contribution >= 4 is 35.7 Å². The van der Waals surface area contributed by atoms with E-state index >= 15 is 0 Å². The van der Waals surface area contributed by atoms with E-state index in [0.29, 0.717) is 19.1 Å². The third-order valence-corrected chi connectivity index (χ3v) is 7.42. The van der Waals surface area contributed by atoms with Crippen molar-refractivity contribution in [3.8, 4) is 0 Å². The molecule has 0 spiro atoms. The van der Waals surface area contributed by atoms with Crippen LogP contribution >= 0.6 is 11.8 Å². The van der Waals surface area contributed by atoms with Crippen molar-refractivity contribution in [3.05, 3.63) is 58.7 Å². The maximum absolute atomic E-state index is 14.0. The summed E-state index contributed by atoms with van der Waals surface area (Å²) in [6.07, 6.45) is 4.26. The molecule has 1 saturated heterocycles. The van der Waals surface area contributed by atoms with Gasteiger partial charge in [0.1, 0.15) is 11.6 Å². The van der Waals surface area contributed by atoms with E-state index in [1.54, 1.807) is 6.08 Å². The van der Waals surface area contributed by atoms with Crippen molar-refractivity contribution in [2.75, 3.05) is 30.3 Å². The zero-order chi connectivity index (χ0) is 20.8. The molecule has 3 aliphatic rings. The minimum atomic E-state index is -0.874. The first-order valence-corrected chi connectivity index (χ1v) is 11.2. The summed E-state index contributed by atoms with van der Waals surface area (Å²) in [6.45, 7) is 2.03. The second-order valence-electron chi connectivity index (χ2n) is 8.01. The number of rotatable bonds is 2. The van der Waals surface area contributed by atoms with Gasteiger partial charge in [0.2, 0.25) is 0 Å². The zero-order valence-corrected chi connectivity index (χ0v) is 17.2. The molecule has 0 unspecified atom stereocenters. The molecule has 0 aliphatic carbocycles. The highest BCUT2D eigenvalue weighted by molar-refractivity contribution is 7.99. The summed E-state index contributed by atoms with van der Waals surface area (Å²) in [5, 5.41) is 9.48. The zero-order valence-electron chi connectivity index (χ0n) is 16.4. The second-order valence-corrected chi connectivity index (χ2v) is 9.15. The molecule has 1 N–H and O–H groups in total. The molecule has 1 fully saturated rings. The Labute approximate surface area is 178 Å². The summed E-state index contributed by atoms with van der Waals surface area (Å²) < 4.78 is 28.0. The second kappa shape index (κ2) is 7.61. The topological polar surface area (TPSA) is 43.8 Å². The molecule has 30 heavy (non-hydrogen) atoms. The third-order valence-electron chi connectivity index (χ3n) is 6.30. The van der Waals surface area contributed by atoms with Crippen LogP contribution in [0, 0.1) is 11.6 Å². The summed E-state index contributed by atoms with van der Waals surface area (Å²) in [5.41, 5.74) is 3.22. The van der Waals surface area contributed by atoms with Crippen molar-refractivity contribution in [2.45, 2.75) is 29.7 Å². The molecule has 5 rings (SSSR count). The van der Waals surface area contributed by atoms with E-state index in [-0.39, 0.29) is 11.5 Å². The number of carbonyl (C=O) groups is 1. The molecule has 3 heterocycles. The van der Waals surface area contributed by atoms with Gasteiger partial charge < -0.3 is 14.9 Å². The van der Waals surface area contributed by atoms with Crippen LogP contribution in [0.4, 0.5) is 19.3 Å². The van der Waals surface area contributed by atoms with Gasteiger partial charge in [-0.3, -0.25) is 0 Å². The van der Waals surface area contributed by atoms with Gasteiger partial charge in [0.15, 0.2) is 0 Å². The van der Waals surface area contributed by atoms with Gasteiger partial charge >= 0.3 is 6.09 Å². The number of hydrogen-bond acceptors (Lipinski definition) is 3. The molecule has 1 amide bonds. The highest BCUT2D eigenvalue weighted by Gasteiger charge is 2.44. The fraction of sp³-hybridized carbons (Fsp3) is 0.348. The lowest BCUT2D eigenvalue weighted by molar-refractivity contribution is 0.127. The first kappa shape index (κ1) is 19.4. The van der Waals surface area contributed by atoms with Crippen LogP contribution < -0.4 is 4.90 Å². The Morgan fingerprint density at radius 3 is 2.73 bits per heavy atom. The maximum Gasteiger partial charge on any atom is 0.407 e. The van der Waals surface area contributed by atoms with E-state index in [9.17, 15) is 18.7 Å². The highest BCUT2D eigenvalue weighted by atomic mass is 32.2. The summed E-state index contributed by atoms with van der Waals surface area (Å²) >= 11 is 1.81. The van der Waals surface area contributed by atoms with Crippen molar-refractivity contribution in [3.63, 3.8) is 0 Å². The van der Waals surface area contributed by atoms with E-state index < -0.39 is 17.7 Å². The molecular weight excluding hydrogens is 406 g/mol. The fourth-order valence-corrected chi connectivity index (χ4v) is 6.03. The molecule has 2 atom stereocenters. The van der Waals surface area contributed by atoms with Crippen LogP contribution in [0.1, 0.15) is 35.4 Å². The van der Waals surface area contributed by atoms with Crippen LogP contribution in [0.5, 0.6) is 0 Å². The Balaban J connectivity index is 1.56. The molecule has 4 nitrogen and oxygen atoms in total. The van der Waals surface area contributed by atoms with Gasteiger partial charge in [0, 0.05) is 42.1 Å². The molecule has 2 aromatic carbocycles. The van der Waals surface area contributed by atoms with Gasteiger partial charge in [0.05, 0.1) is 5.69 Å². The number of anilines is 1. The molecule has 156 valence electrons. The van der Waals surface area contributed by atoms with Gasteiger partial charge in [-0.25, -0.2) is 13.6 Å². The SMILES string of the molecule is O=C(O)N1CC[C@H]2[C@@H](C1)c1cc(/C=C/c3c(F)cccc3F)cc3c1N2CCCS3. The fourth-order valence-electron chi connectivity index (χ4n) is 4.95. The monoisotopic (exact) mass is 428 g/mol. The predicted molar refractivity (Wildman–Crippen MR) is 115 cm³/mol. The standard InChI is InChI=1S/C23H22F2N2O2S/c24-18-3-1-4-19(25)15(18)6-5-14-11-16-17-13-26(23(28)29)9-7-20(17)27-8-2-10-30-21(12-14)22(16)27/h1,3-6,11-12,17,20H,2,7-10,13H2,(H,28,29)/b6-5+/t17-,20-/m0/s1. The molecule has 3 aliphatic heterocycles. The van der Waals surface area contributed by atoms with Crippen LogP contribution in [0.15, 0.2) is 35.2 Å². The van der Waals surface area contributed by atoms with Gasteiger partial charge in [-0.1, -0.05) is 12.1 Å². The lowest BCUT2D eigenvalue weighted by atomic mass is 9.88. The number of amides is 1. The number of piperidine rings is 1. The summed E-state index contributed by atoms with van der Waals surface area (Å²) in [6, 6.07) is 8.33. The average molecular weight is 429 g/mol. The van der Waals surface area contributed by atoms with E-state index in [1.807, 2.05) is 11.8 Å². The molecule has 0 aromatic heterocycles. The van der Waals surface area contributed by atoms with Crippen molar-refractivity contribution < 1.29 is 18.7 Å². The largest absolute Gasteiger partial charge is 0.465 e. The normalized spacial score (nSPS) is 22.7. The Morgan fingerprint density at radius 2 is 1.97 bits per heavy atom. The first-order chi connectivity index (χ1) is 14.5. The lowest BCUT2D eigenvalue weighted by Crippen LogP contribution is -2.48. The average Bonchev–Trinajstić information content (AvgIpc) is 2.88. The van der Waals surface area contributed by atoms with Crippen LogP contribution in [-0.4, -0.2) is 47.5 Å². The summed E-state index contributed by atoms with van der Waals surface area (Å²) in [5.74, 6) is -0.0246. The number of fused-ring (bicyclic) bond motifs is 3. The maximum atomic E-state index is 14.0. The predicted octanol–water partition coefficient (Wildman–Crippen LogP) is 5.29. The smallest absolute Gasteiger partial charge is 0.407 e. The molecule has 7 heteroatoms. The van der Waals surface area contributed by atoms with Crippen LogP contribution in [-0.2, 0) is 0 Å². The van der Waals surface area contributed by atoms with E-state index in [2.05, 4.69) is 17.0 Å². The Kier molecular flexibility index (Phi) is 4.93. The number of benzene rings is 2. The quantitative estimate of drug-likeness (QED) is 0.661. The minimum Gasteiger partial charge on any atom is -0.465 e. The van der Waals surface area contributed by atoms with Crippen LogP contribution in [0.25, 0.3) is 12.2 Å². The Morgan fingerprint density at radius 1 is 1.17 bits per heavy atom. The lowest BCUT2D eigenvalue weighted by Gasteiger charge is -2.37. The summed E-state index contributed by atoms with van der Waals surface area (Å²) in [7, 11) is 0. The van der Waals surface area contributed by atoms with E-state index in [4.69, 9.17) is 0 Å². The van der Waals surface area contributed by atoms with Crippen molar-refractivity contribution in [1.82, 2.24) is 4.90 Å². The third kappa shape index (κ3) is 3.25. The van der Waals surface area contributed by atoms with Crippen LogP contribution in [0.2, 0.25) is 0 Å². The molecule has 0 saturated carbocycles. The molecule has 0 bridgehead atoms. The Bertz CT molecular complexity index is 1020. The number of carboxylic acid groups (broad SMARTS) is 1. The van der Waals surface area contributed by atoms with Crippen molar-refractivity contribution in [1.29, 1.82) is 0 Å². The minimum absolute atomic E-state index is 0.0502. The van der Waals surface area contributed by atoms with E-state index in [0.717, 1.165) is 36.3 Å². The highest BCUT2D eigenvalue weighted by Crippen LogP contribution is 2.51. The molecule has 0 radical (unpaired) electrons. The van der Waals surface area contributed by atoms with Gasteiger partial charge in [-0.15, -0.1) is 11.8 Å². The van der Waals surface area contributed by atoms with Gasteiger partial charge in [-0.2, -0.15) is 0 Å². The number of thioether (sulfide) groups is 1. The first-order valence-electron chi connectivity index (χ1n) is 10.2. The van der Waals surface area contributed by atoms with Gasteiger partial charge in [0.25, 0.3) is 0 Å². The molecular formula is C23H22F2N2O2S. The number of hydrogen-bond donors (Lipinski definition) is 1. The number of halogens is 2. The molecule has 2 aromatic rings. The summed E-state index contributed by atoms with van der Waals surface area (Å²) in [4.78, 5) is 16.7. The van der Waals surface area contributed by atoms with E-state index in [1.165, 1.54) is 39.8 Å². The van der Waals surface area contributed by atoms with Crippen molar-refractivity contribution in [2.24, 2.45) is 0 Å². The van der Waals surface area contributed by atoms with Gasteiger partial charge in [-0.05, 0) is 60.1 Å². The number of nitrogens with zero attached hydrogens (tertiary/aromatic N) is 2. The van der Waals surface area contributed by atoms with Crippen LogP contribution in [0.3, 0.4) is 0 Å². The number of likely N-dealkylation sites (tertiary alicyclic amines) is 1. The Hall–Kier alpha value is -2.54.